The van der Waals surface area contributed by atoms with Crippen molar-refractivity contribution in [2.24, 2.45) is 5.92 Å². The highest BCUT2D eigenvalue weighted by Crippen LogP contribution is 2.29. The molecule has 0 fully saturated rings. The topological polar surface area (TPSA) is 90.9 Å². The fourth-order valence-corrected chi connectivity index (χ4v) is 1.52. The molecule has 7 nitrogen and oxygen atoms in total. The van der Waals surface area contributed by atoms with Crippen molar-refractivity contribution in [1.82, 2.24) is 5.32 Å². The Kier molecular flexibility index (Phi) is 7.09. The largest absolute Gasteiger partial charge is 0.493 e. The lowest BCUT2D eigenvalue weighted by atomic mass is 10.2. The van der Waals surface area contributed by atoms with Gasteiger partial charge in [0.25, 0.3) is 5.91 Å². The van der Waals surface area contributed by atoms with Crippen molar-refractivity contribution >= 4 is 17.8 Å². The van der Waals surface area contributed by atoms with Gasteiger partial charge in [-0.15, -0.1) is 0 Å². The summed E-state index contributed by atoms with van der Waals surface area (Å²) in [6.07, 6.45) is 0. The van der Waals surface area contributed by atoms with E-state index >= 15 is 0 Å². The summed E-state index contributed by atoms with van der Waals surface area (Å²) in [5, 5.41) is 2.06. The van der Waals surface area contributed by atoms with Gasteiger partial charge in [0, 0.05) is 5.92 Å². The quantitative estimate of drug-likeness (QED) is 0.757. The van der Waals surface area contributed by atoms with Crippen molar-refractivity contribution in [3.8, 4) is 11.5 Å². The first kappa shape index (κ1) is 19.3. The van der Waals surface area contributed by atoms with Crippen LogP contribution < -0.4 is 14.8 Å². The van der Waals surface area contributed by atoms with Crippen molar-refractivity contribution in [3.05, 3.63) is 23.8 Å². The molecule has 1 aromatic carbocycles. The van der Waals surface area contributed by atoms with Crippen LogP contribution in [0.3, 0.4) is 0 Å². The van der Waals surface area contributed by atoms with Crippen LogP contribution in [0.4, 0.5) is 8.78 Å². The van der Waals surface area contributed by atoms with E-state index in [9.17, 15) is 23.2 Å². The summed E-state index contributed by atoms with van der Waals surface area (Å²) in [6.45, 7) is -0.498. The van der Waals surface area contributed by atoms with E-state index in [-0.39, 0.29) is 17.1 Å². The molecule has 0 aromatic heterocycles. The SMILES string of the molecule is COc1cc(C(=O)OCC(=O)NC(=O)C(C)C)ccc1OC(F)F. The number of methoxy groups -OCH3 is 1. The summed E-state index contributed by atoms with van der Waals surface area (Å²) < 4.78 is 38.3. The second-order valence-electron chi connectivity index (χ2n) is 4.89. The Morgan fingerprint density at radius 1 is 1.17 bits per heavy atom. The molecule has 0 atom stereocenters. The summed E-state index contributed by atoms with van der Waals surface area (Å²) in [6, 6.07) is 3.43. The highest BCUT2D eigenvalue weighted by molar-refractivity contribution is 5.98. The van der Waals surface area contributed by atoms with E-state index in [4.69, 9.17) is 9.47 Å². The molecule has 0 saturated carbocycles. The third-order valence-corrected chi connectivity index (χ3v) is 2.74. The molecule has 0 aliphatic carbocycles. The minimum atomic E-state index is -3.04. The first-order valence-electron chi connectivity index (χ1n) is 6.88. The number of amides is 2. The molecule has 0 saturated heterocycles. The van der Waals surface area contributed by atoms with Gasteiger partial charge < -0.3 is 14.2 Å². The molecule has 24 heavy (non-hydrogen) atoms. The van der Waals surface area contributed by atoms with Crippen molar-refractivity contribution in [2.45, 2.75) is 20.5 Å². The van der Waals surface area contributed by atoms with E-state index in [1.807, 2.05) is 0 Å². The van der Waals surface area contributed by atoms with Crippen molar-refractivity contribution in [2.75, 3.05) is 13.7 Å². The number of carbonyl (C=O) groups is 3. The molecular formula is C15H17F2NO6. The molecule has 0 heterocycles. The summed E-state index contributed by atoms with van der Waals surface area (Å²) in [7, 11) is 1.22. The molecule has 1 aromatic rings. The Morgan fingerprint density at radius 2 is 1.83 bits per heavy atom. The maximum atomic E-state index is 12.2. The first-order chi connectivity index (χ1) is 11.2. The lowest BCUT2D eigenvalue weighted by molar-refractivity contribution is -0.133. The zero-order valence-electron chi connectivity index (χ0n) is 13.3. The van der Waals surface area contributed by atoms with Gasteiger partial charge in [0.05, 0.1) is 12.7 Å². The standard InChI is InChI=1S/C15H17F2NO6/c1-8(2)13(20)18-12(19)7-23-14(21)9-4-5-10(24-15(16)17)11(6-9)22-3/h4-6,8,15H,7H2,1-3H3,(H,18,19,20). The van der Waals surface area contributed by atoms with Gasteiger partial charge in [0.15, 0.2) is 18.1 Å². The Morgan fingerprint density at radius 3 is 2.38 bits per heavy atom. The normalized spacial score (nSPS) is 10.5. The summed E-state index contributed by atoms with van der Waals surface area (Å²) >= 11 is 0. The molecule has 132 valence electrons. The number of nitrogens with one attached hydrogen (secondary N) is 1. The number of hydrogen-bond donors (Lipinski definition) is 1. The lowest BCUT2D eigenvalue weighted by Gasteiger charge is -2.11. The number of ether oxygens (including phenoxy) is 3. The van der Waals surface area contributed by atoms with Crippen molar-refractivity contribution < 1.29 is 37.4 Å². The zero-order chi connectivity index (χ0) is 18.3. The average Bonchev–Trinajstić information content (AvgIpc) is 2.52. The highest BCUT2D eigenvalue weighted by atomic mass is 19.3. The molecule has 0 radical (unpaired) electrons. The minimum Gasteiger partial charge on any atom is -0.493 e. The second-order valence-corrected chi connectivity index (χ2v) is 4.89. The number of carbonyl (C=O) groups excluding carboxylic acids is 3. The Bertz CT molecular complexity index is 618. The first-order valence-corrected chi connectivity index (χ1v) is 6.88. The molecule has 0 bridgehead atoms. The molecular weight excluding hydrogens is 328 g/mol. The maximum absolute atomic E-state index is 12.2. The van der Waals surface area contributed by atoms with Crippen LogP contribution >= 0.6 is 0 Å². The summed E-state index contributed by atoms with van der Waals surface area (Å²) in [4.78, 5) is 34.6. The van der Waals surface area contributed by atoms with Crippen LogP contribution in [0.15, 0.2) is 18.2 Å². The van der Waals surface area contributed by atoms with Gasteiger partial charge in [0.1, 0.15) is 0 Å². The number of hydrogen-bond acceptors (Lipinski definition) is 6. The molecule has 0 spiro atoms. The highest BCUT2D eigenvalue weighted by Gasteiger charge is 2.17. The smallest absolute Gasteiger partial charge is 0.387 e. The maximum Gasteiger partial charge on any atom is 0.387 e. The number of halogens is 2. The van der Waals surface area contributed by atoms with Gasteiger partial charge in [-0.05, 0) is 18.2 Å². The Labute approximate surface area is 136 Å². The van der Waals surface area contributed by atoms with Gasteiger partial charge in [-0.1, -0.05) is 13.8 Å². The van der Waals surface area contributed by atoms with E-state index < -0.39 is 36.9 Å². The molecule has 2 amide bonds. The molecule has 0 unspecified atom stereocenters. The van der Waals surface area contributed by atoms with Crippen LogP contribution in [0.25, 0.3) is 0 Å². The Balaban J connectivity index is 2.68. The lowest BCUT2D eigenvalue weighted by Crippen LogP contribution is -2.36. The van der Waals surface area contributed by atoms with E-state index in [2.05, 4.69) is 10.1 Å². The predicted octanol–water partition coefficient (Wildman–Crippen LogP) is 1.75. The number of rotatable bonds is 7. The van der Waals surface area contributed by atoms with Gasteiger partial charge in [0.2, 0.25) is 5.91 Å². The molecule has 0 aliphatic rings. The van der Waals surface area contributed by atoms with Gasteiger partial charge >= 0.3 is 12.6 Å². The van der Waals surface area contributed by atoms with E-state index in [0.717, 1.165) is 12.1 Å². The second kappa shape index (κ2) is 8.80. The molecule has 1 rings (SSSR count). The van der Waals surface area contributed by atoms with Crippen LogP contribution in [-0.4, -0.2) is 38.1 Å². The summed E-state index contributed by atoms with van der Waals surface area (Å²) in [5.74, 6) is -2.88. The third-order valence-electron chi connectivity index (χ3n) is 2.74. The van der Waals surface area contributed by atoms with Gasteiger partial charge in [-0.3, -0.25) is 14.9 Å². The monoisotopic (exact) mass is 345 g/mol. The van der Waals surface area contributed by atoms with Crippen molar-refractivity contribution in [3.63, 3.8) is 0 Å². The van der Waals surface area contributed by atoms with Crippen LogP contribution in [0.5, 0.6) is 11.5 Å². The van der Waals surface area contributed by atoms with Crippen LogP contribution in [0.2, 0.25) is 0 Å². The predicted molar refractivity (Wildman–Crippen MR) is 77.9 cm³/mol. The molecule has 0 aliphatic heterocycles. The van der Waals surface area contributed by atoms with E-state index in [1.165, 1.54) is 13.2 Å². The van der Waals surface area contributed by atoms with Crippen molar-refractivity contribution in [1.29, 1.82) is 0 Å². The third kappa shape index (κ3) is 5.82. The van der Waals surface area contributed by atoms with Gasteiger partial charge in [-0.2, -0.15) is 8.78 Å². The molecule has 9 heteroatoms. The number of imide groups is 1. The zero-order valence-corrected chi connectivity index (χ0v) is 13.3. The number of alkyl halides is 2. The number of benzene rings is 1. The summed E-state index contributed by atoms with van der Waals surface area (Å²) in [5.41, 5.74) is -0.0311. The van der Waals surface area contributed by atoms with Crippen LogP contribution in [-0.2, 0) is 14.3 Å². The fraction of sp³-hybridized carbons (Fsp3) is 0.400. The minimum absolute atomic E-state index is 0.0311. The van der Waals surface area contributed by atoms with Gasteiger partial charge in [-0.25, -0.2) is 4.79 Å². The number of esters is 1. The average molecular weight is 345 g/mol. The van der Waals surface area contributed by atoms with E-state index in [1.54, 1.807) is 13.8 Å². The fourth-order valence-electron chi connectivity index (χ4n) is 1.52. The molecule has 1 N–H and O–H groups in total. The van der Waals surface area contributed by atoms with E-state index in [0.29, 0.717) is 0 Å². The van der Waals surface area contributed by atoms with Crippen LogP contribution in [0.1, 0.15) is 24.2 Å². The van der Waals surface area contributed by atoms with Crippen LogP contribution in [0, 0.1) is 5.92 Å². The Hall–Kier alpha value is -2.71.